The van der Waals surface area contributed by atoms with Crippen LogP contribution in [0.5, 0.6) is 0 Å². The highest BCUT2D eigenvalue weighted by Gasteiger charge is 2.07. The maximum absolute atomic E-state index is 5.86. The summed E-state index contributed by atoms with van der Waals surface area (Å²) < 4.78 is 0. The van der Waals surface area contributed by atoms with Gasteiger partial charge in [0, 0.05) is 18.5 Å². The molecule has 0 fully saturated rings. The molecule has 4 nitrogen and oxygen atoms in total. The van der Waals surface area contributed by atoms with Crippen LogP contribution in [0.1, 0.15) is 23.9 Å². The quantitative estimate of drug-likeness (QED) is 0.873. The third-order valence-electron chi connectivity index (χ3n) is 2.59. The van der Waals surface area contributed by atoms with Crippen molar-refractivity contribution in [2.75, 3.05) is 11.1 Å². The third kappa shape index (κ3) is 2.74. The van der Waals surface area contributed by atoms with Crippen molar-refractivity contribution in [3.8, 4) is 0 Å². The van der Waals surface area contributed by atoms with Crippen LogP contribution in [-0.4, -0.2) is 9.97 Å². The fraction of sp³-hybridized carbons (Fsp3) is 0.333. The minimum atomic E-state index is 0.560. The maximum atomic E-state index is 5.86. The zero-order valence-electron chi connectivity index (χ0n) is 10.0. The molecule has 2 heterocycles. The van der Waals surface area contributed by atoms with E-state index >= 15 is 0 Å². The summed E-state index contributed by atoms with van der Waals surface area (Å²) in [6.45, 7) is 4.72. The summed E-state index contributed by atoms with van der Waals surface area (Å²) in [6, 6.07) is 2.10. The Labute approximate surface area is 105 Å². The summed E-state index contributed by atoms with van der Waals surface area (Å²) >= 11 is 1.69. The molecule has 90 valence electrons. The molecule has 0 spiro atoms. The predicted molar refractivity (Wildman–Crippen MR) is 72.2 cm³/mol. The first-order chi connectivity index (χ1) is 8.20. The zero-order valence-corrected chi connectivity index (χ0v) is 10.8. The van der Waals surface area contributed by atoms with Crippen LogP contribution in [0.3, 0.4) is 0 Å². The van der Waals surface area contributed by atoms with Crippen molar-refractivity contribution < 1.29 is 0 Å². The number of hydrogen-bond acceptors (Lipinski definition) is 5. The Morgan fingerprint density at radius 1 is 1.41 bits per heavy atom. The average molecular weight is 248 g/mol. The first-order valence-electron chi connectivity index (χ1n) is 5.58. The van der Waals surface area contributed by atoms with Crippen molar-refractivity contribution in [1.29, 1.82) is 0 Å². The van der Waals surface area contributed by atoms with Crippen LogP contribution in [0.2, 0.25) is 0 Å². The second-order valence-corrected chi connectivity index (χ2v) is 4.62. The molecule has 3 N–H and O–H groups in total. The number of nitrogens with one attached hydrogen (secondary N) is 1. The average Bonchev–Trinajstić information content (AvgIpc) is 2.84. The number of hydrogen-bond donors (Lipinski definition) is 2. The molecule has 0 aliphatic heterocycles. The van der Waals surface area contributed by atoms with Crippen LogP contribution in [0.4, 0.5) is 11.6 Å². The third-order valence-corrected chi connectivity index (χ3v) is 3.32. The van der Waals surface area contributed by atoms with Crippen LogP contribution in [-0.2, 0) is 13.0 Å². The molecule has 2 aromatic rings. The van der Waals surface area contributed by atoms with E-state index in [1.165, 1.54) is 5.56 Å². The van der Waals surface area contributed by atoms with Crippen LogP contribution in [0, 0.1) is 6.92 Å². The van der Waals surface area contributed by atoms with Gasteiger partial charge in [-0.3, -0.25) is 0 Å². The maximum Gasteiger partial charge on any atom is 0.135 e. The van der Waals surface area contributed by atoms with E-state index in [9.17, 15) is 0 Å². The SMILES string of the molecule is CCc1nc(N)c(C)c(NCc2ccsc2)n1. The number of thiophene rings is 1. The molecule has 0 saturated heterocycles. The normalized spacial score (nSPS) is 10.5. The van der Waals surface area contributed by atoms with E-state index in [1.807, 2.05) is 13.8 Å². The van der Waals surface area contributed by atoms with Crippen molar-refractivity contribution in [3.63, 3.8) is 0 Å². The first kappa shape index (κ1) is 11.9. The van der Waals surface area contributed by atoms with E-state index < -0.39 is 0 Å². The van der Waals surface area contributed by atoms with E-state index in [0.29, 0.717) is 5.82 Å². The van der Waals surface area contributed by atoms with E-state index in [1.54, 1.807) is 11.3 Å². The van der Waals surface area contributed by atoms with Gasteiger partial charge in [0.05, 0.1) is 0 Å². The number of aromatic nitrogens is 2. The van der Waals surface area contributed by atoms with Crippen LogP contribution >= 0.6 is 11.3 Å². The Morgan fingerprint density at radius 3 is 2.88 bits per heavy atom. The lowest BCUT2D eigenvalue weighted by Gasteiger charge is -2.10. The molecular weight excluding hydrogens is 232 g/mol. The molecule has 0 aliphatic rings. The highest BCUT2D eigenvalue weighted by atomic mass is 32.1. The lowest BCUT2D eigenvalue weighted by Crippen LogP contribution is -2.09. The standard InChI is InChI=1S/C12H16N4S/c1-3-10-15-11(13)8(2)12(16-10)14-6-9-4-5-17-7-9/h4-5,7H,3,6H2,1-2H3,(H3,13,14,15,16). The molecule has 0 amide bonds. The Morgan fingerprint density at radius 2 is 2.24 bits per heavy atom. The summed E-state index contributed by atoms with van der Waals surface area (Å²) in [7, 11) is 0. The molecule has 2 rings (SSSR count). The lowest BCUT2D eigenvalue weighted by molar-refractivity contribution is 0.929. The highest BCUT2D eigenvalue weighted by molar-refractivity contribution is 7.07. The van der Waals surface area contributed by atoms with Gasteiger partial charge in [0.2, 0.25) is 0 Å². The van der Waals surface area contributed by atoms with Crippen molar-refractivity contribution in [2.24, 2.45) is 0 Å². The molecule has 0 unspecified atom stereocenters. The fourth-order valence-electron chi connectivity index (χ4n) is 1.49. The van der Waals surface area contributed by atoms with Gasteiger partial charge in [0.15, 0.2) is 0 Å². The number of nitrogens with zero attached hydrogens (tertiary/aromatic N) is 2. The Hall–Kier alpha value is -1.62. The van der Waals surface area contributed by atoms with Crippen molar-refractivity contribution >= 4 is 23.0 Å². The topological polar surface area (TPSA) is 63.8 Å². The van der Waals surface area contributed by atoms with Crippen LogP contribution < -0.4 is 11.1 Å². The predicted octanol–water partition coefficient (Wildman–Crippen LogP) is 2.60. The Bertz CT molecular complexity index is 493. The van der Waals surface area contributed by atoms with Gasteiger partial charge >= 0.3 is 0 Å². The van der Waals surface area contributed by atoms with Crippen LogP contribution in [0.25, 0.3) is 0 Å². The number of rotatable bonds is 4. The number of anilines is 2. The minimum Gasteiger partial charge on any atom is -0.383 e. The van der Waals surface area contributed by atoms with E-state index in [0.717, 1.165) is 30.2 Å². The zero-order chi connectivity index (χ0) is 12.3. The second kappa shape index (κ2) is 5.14. The molecule has 17 heavy (non-hydrogen) atoms. The van der Waals surface area contributed by atoms with Crippen molar-refractivity contribution in [1.82, 2.24) is 9.97 Å². The van der Waals surface area contributed by atoms with Gasteiger partial charge < -0.3 is 11.1 Å². The summed E-state index contributed by atoms with van der Waals surface area (Å²) in [5.41, 5.74) is 8.03. The molecule has 0 bridgehead atoms. The fourth-order valence-corrected chi connectivity index (χ4v) is 2.16. The molecule has 0 aromatic carbocycles. The molecule has 2 aromatic heterocycles. The summed E-state index contributed by atoms with van der Waals surface area (Å²) in [5, 5.41) is 7.49. The van der Waals surface area contributed by atoms with Gasteiger partial charge in [-0.05, 0) is 29.3 Å². The van der Waals surface area contributed by atoms with Gasteiger partial charge in [-0.2, -0.15) is 11.3 Å². The molecule has 0 aliphatic carbocycles. The molecule has 0 saturated carbocycles. The van der Waals surface area contributed by atoms with Gasteiger partial charge in [0.25, 0.3) is 0 Å². The smallest absolute Gasteiger partial charge is 0.135 e. The van der Waals surface area contributed by atoms with Crippen molar-refractivity contribution in [2.45, 2.75) is 26.8 Å². The molecular formula is C12H16N4S. The van der Waals surface area contributed by atoms with Gasteiger partial charge in [-0.15, -0.1) is 0 Å². The molecule has 0 radical (unpaired) electrons. The number of nitrogens with two attached hydrogens (primary N) is 1. The summed E-state index contributed by atoms with van der Waals surface area (Å²) in [6.07, 6.45) is 0.789. The van der Waals surface area contributed by atoms with Gasteiger partial charge in [-0.25, -0.2) is 9.97 Å². The van der Waals surface area contributed by atoms with E-state index in [4.69, 9.17) is 5.73 Å². The number of nitrogen functional groups attached to an aromatic ring is 1. The summed E-state index contributed by atoms with van der Waals surface area (Å²) in [4.78, 5) is 8.68. The van der Waals surface area contributed by atoms with E-state index in [2.05, 4.69) is 32.1 Å². The summed E-state index contributed by atoms with van der Waals surface area (Å²) in [5.74, 6) is 2.17. The van der Waals surface area contributed by atoms with Gasteiger partial charge in [0.1, 0.15) is 17.5 Å². The van der Waals surface area contributed by atoms with Crippen LogP contribution in [0.15, 0.2) is 16.8 Å². The molecule has 0 atom stereocenters. The Kier molecular flexibility index (Phi) is 3.58. The lowest BCUT2D eigenvalue weighted by atomic mass is 10.2. The second-order valence-electron chi connectivity index (χ2n) is 3.84. The monoisotopic (exact) mass is 248 g/mol. The Balaban J connectivity index is 2.17. The first-order valence-corrected chi connectivity index (χ1v) is 6.53. The largest absolute Gasteiger partial charge is 0.383 e. The minimum absolute atomic E-state index is 0.560. The molecule has 5 heteroatoms. The van der Waals surface area contributed by atoms with E-state index in [-0.39, 0.29) is 0 Å². The van der Waals surface area contributed by atoms with Crippen molar-refractivity contribution in [3.05, 3.63) is 33.8 Å². The number of aryl methyl sites for hydroxylation is 1. The highest BCUT2D eigenvalue weighted by Crippen LogP contribution is 2.18. The van der Waals surface area contributed by atoms with Gasteiger partial charge in [-0.1, -0.05) is 6.92 Å².